The summed E-state index contributed by atoms with van der Waals surface area (Å²) >= 11 is 18.9. The van der Waals surface area contributed by atoms with Crippen LogP contribution in [-0.4, -0.2) is 43.8 Å². The molecule has 230 valence electrons. The molecular formula is C33H32Cl3N3O4S. The number of carbonyl (C=O) groups excluding carboxylic acids is 2. The minimum absolute atomic E-state index is 0.00398. The van der Waals surface area contributed by atoms with Crippen LogP contribution in [0.25, 0.3) is 0 Å². The van der Waals surface area contributed by atoms with Crippen LogP contribution in [0.3, 0.4) is 0 Å². The fraction of sp³-hybridized carbons (Fsp3) is 0.212. The molecule has 4 rings (SSSR count). The summed E-state index contributed by atoms with van der Waals surface area (Å²) in [5, 5.41) is 3.74. The number of halogens is 3. The van der Waals surface area contributed by atoms with Crippen molar-refractivity contribution in [1.29, 1.82) is 0 Å². The first-order valence-electron chi connectivity index (χ1n) is 13.9. The van der Waals surface area contributed by atoms with Crippen molar-refractivity contribution in [2.24, 2.45) is 0 Å². The summed E-state index contributed by atoms with van der Waals surface area (Å²) in [6.45, 7) is 3.02. The molecule has 2 amide bonds. The van der Waals surface area contributed by atoms with E-state index in [9.17, 15) is 18.0 Å². The molecule has 1 N–H and O–H groups in total. The predicted octanol–water partition coefficient (Wildman–Crippen LogP) is 7.01. The number of anilines is 1. The van der Waals surface area contributed by atoms with Crippen LogP contribution in [0.1, 0.15) is 25.0 Å². The first-order valence-corrected chi connectivity index (χ1v) is 16.4. The summed E-state index contributed by atoms with van der Waals surface area (Å²) in [6, 6.07) is 27.2. The van der Waals surface area contributed by atoms with Gasteiger partial charge in [0, 0.05) is 29.1 Å². The van der Waals surface area contributed by atoms with Gasteiger partial charge in [-0.3, -0.25) is 13.9 Å². The lowest BCUT2D eigenvalue weighted by atomic mass is 10.0. The fourth-order valence-electron chi connectivity index (χ4n) is 4.68. The monoisotopic (exact) mass is 671 g/mol. The Kier molecular flexibility index (Phi) is 11.3. The Morgan fingerprint density at radius 3 is 2.00 bits per heavy atom. The zero-order chi connectivity index (χ0) is 31.9. The first-order chi connectivity index (χ1) is 21.0. The number of rotatable bonds is 12. The quantitative estimate of drug-likeness (QED) is 0.176. The number of benzene rings is 4. The highest BCUT2D eigenvalue weighted by molar-refractivity contribution is 7.92. The van der Waals surface area contributed by atoms with Crippen LogP contribution in [-0.2, 0) is 32.6 Å². The number of nitrogens with one attached hydrogen (secondary N) is 1. The smallest absolute Gasteiger partial charge is 0.264 e. The van der Waals surface area contributed by atoms with Crippen LogP contribution < -0.4 is 9.62 Å². The van der Waals surface area contributed by atoms with Crippen molar-refractivity contribution in [1.82, 2.24) is 10.2 Å². The summed E-state index contributed by atoms with van der Waals surface area (Å²) in [7, 11) is -4.28. The van der Waals surface area contributed by atoms with Crippen molar-refractivity contribution in [3.8, 4) is 0 Å². The van der Waals surface area contributed by atoms with Crippen molar-refractivity contribution < 1.29 is 18.0 Å². The van der Waals surface area contributed by atoms with Crippen molar-refractivity contribution >= 4 is 62.3 Å². The summed E-state index contributed by atoms with van der Waals surface area (Å²) in [6.07, 6.45) is 0.193. The van der Waals surface area contributed by atoms with Crippen LogP contribution in [0, 0.1) is 0 Å². The van der Waals surface area contributed by atoms with Gasteiger partial charge in [-0.2, -0.15) is 0 Å². The highest BCUT2D eigenvalue weighted by atomic mass is 35.5. The van der Waals surface area contributed by atoms with Crippen molar-refractivity contribution in [3.05, 3.63) is 129 Å². The van der Waals surface area contributed by atoms with E-state index in [1.54, 1.807) is 42.5 Å². The Morgan fingerprint density at radius 1 is 0.773 bits per heavy atom. The third-order valence-electron chi connectivity index (χ3n) is 6.73. The molecule has 0 aliphatic carbocycles. The van der Waals surface area contributed by atoms with Gasteiger partial charge in [-0.05, 0) is 67.4 Å². The van der Waals surface area contributed by atoms with Crippen LogP contribution in [0.15, 0.2) is 108 Å². The average Bonchev–Trinajstić information content (AvgIpc) is 2.98. The molecule has 7 nitrogen and oxygen atoms in total. The molecule has 0 heterocycles. The van der Waals surface area contributed by atoms with Gasteiger partial charge in [-0.15, -0.1) is 0 Å². The fourth-order valence-corrected chi connectivity index (χ4v) is 6.91. The van der Waals surface area contributed by atoms with E-state index in [1.165, 1.54) is 35.2 Å². The van der Waals surface area contributed by atoms with E-state index >= 15 is 0 Å². The molecule has 0 fully saturated rings. The predicted molar refractivity (Wildman–Crippen MR) is 177 cm³/mol. The maximum absolute atomic E-state index is 14.4. The van der Waals surface area contributed by atoms with Gasteiger partial charge in [0.1, 0.15) is 12.6 Å². The second kappa shape index (κ2) is 14.9. The first kappa shape index (κ1) is 33.3. The van der Waals surface area contributed by atoms with Gasteiger partial charge in [0.25, 0.3) is 10.0 Å². The molecule has 0 spiro atoms. The van der Waals surface area contributed by atoms with Crippen molar-refractivity contribution in [2.75, 3.05) is 10.8 Å². The Morgan fingerprint density at radius 2 is 1.39 bits per heavy atom. The van der Waals surface area contributed by atoms with Crippen molar-refractivity contribution in [3.63, 3.8) is 0 Å². The molecule has 0 aliphatic rings. The molecule has 0 aliphatic heterocycles. The number of sulfonamides is 1. The summed E-state index contributed by atoms with van der Waals surface area (Å²) < 4.78 is 29.0. The zero-order valence-electron chi connectivity index (χ0n) is 24.2. The molecule has 4 aromatic carbocycles. The Balaban J connectivity index is 1.82. The second-order valence-electron chi connectivity index (χ2n) is 10.4. The van der Waals surface area contributed by atoms with Crippen LogP contribution >= 0.6 is 34.8 Å². The van der Waals surface area contributed by atoms with Crippen LogP contribution in [0.2, 0.25) is 15.1 Å². The summed E-state index contributed by atoms with van der Waals surface area (Å²) in [5.41, 5.74) is 1.57. The second-order valence-corrected chi connectivity index (χ2v) is 13.6. The van der Waals surface area contributed by atoms with E-state index in [1.807, 2.05) is 44.2 Å². The van der Waals surface area contributed by atoms with Crippen molar-refractivity contribution in [2.45, 2.75) is 43.8 Å². The van der Waals surface area contributed by atoms with E-state index < -0.39 is 28.5 Å². The lowest BCUT2D eigenvalue weighted by Crippen LogP contribution is -2.54. The van der Waals surface area contributed by atoms with Gasteiger partial charge in [-0.25, -0.2) is 8.42 Å². The van der Waals surface area contributed by atoms with Gasteiger partial charge in [-0.1, -0.05) is 95.5 Å². The topological polar surface area (TPSA) is 86.8 Å². The lowest BCUT2D eigenvalue weighted by Gasteiger charge is -2.34. The average molecular weight is 673 g/mol. The SMILES string of the molecule is CC(C)NC(=O)C(Cc1ccccc1)N(Cc1cccc(Cl)c1)C(=O)CN(c1ccc(Cl)cc1Cl)S(=O)(=O)c1ccccc1. The number of hydrogen-bond donors (Lipinski definition) is 1. The minimum atomic E-state index is -4.28. The normalized spacial score (nSPS) is 12.0. The van der Waals surface area contributed by atoms with Crippen LogP contribution in [0.4, 0.5) is 5.69 Å². The van der Waals surface area contributed by atoms with Gasteiger partial charge in [0.2, 0.25) is 11.8 Å². The van der Waals surface area contributed by atoms with Gasteiger partial charge in [0.15, 0.2) is 0 Å². The van der Waals surface area contributed by atoms with Gasteiger partial charge >= 0.3 is 0 Å². The molecule has 0 saturated carbocycles. The van der Waals surface area contributed by atoms with E-state index in [2.05, 4.69) is 5.32 Å². The minimum Gasteiger partial charge on any atom is -0.352 e. The molecule has 0 aromatic heterocycles. The Bertz CT molecular complexity index is 1700. The number of carbonyl (C=O) groups is 2. The number of nitrogens with zero attached hydrogens (tertiary/aromatic N) is 2. The summed E-state index contributed by atoms with van der Waals surface area (Å²) in [4.78, 5) is 29.5. The number of hydrogen-bond acceptors (Lipinski definition) is 4. The Labute approximate surface area is 273 Å². The van der Waals surface area contributed by atoms with E-state index in [0.29, 0.717) is 15.6 Å². The van der Waals surface area contributed by atoms with E-state index in [-0.39, 0.29) is 40.5 Å². The molecule has 11 heteroatoms. The summed E-state index contributed by atoms with van der Waals surface area (Å²) in [5.74, 6) is -0.989. The maximum atomic E-state index is 14.4. The number of amides is 2. The third-order valence-corrected chi connectivity index (χ3v) is 9.28. The highest BCUT2D eigenvalue weighted by Crippen LogP contribution is 2.33. The molecule has 1 unspecified atom stereocenters. The van der Waals surface area contributed by atoms with Gasteiger partial charge < -0.3 is 10.2 Å². The zero-order valence-corrected chi connectivity index (χ0v) is 27.2. The Hall–Kier alpha value is -3.56. The molecule has 1 atom stereocenters. The standard InChI is InChI=1S/C33H32Cl3N3O4S/c1-23(2)37-33(41)31(19-24-10-5-3-6-11-24)38(21-25-12-9-13-26(34)18-25)32(40)22-39(30-17-16-27(35)20-29(30)36)44(42,43)28-14-7-4-8-15-28/h3-18,20,23,31H,19,21-22H2,1-2H3,(H,37,41). The van der Waals surface area contributed by atoms with E-state index in [0.717, 1.165) is 9.87 Å². The molecular weight excluding hydrogens is 641 g/mol. The molecule has 0 saturated heterocycles. The van der Waals surface area contributed by atoms with Crippen LogP contribution in [0.5, 0.6) is 0 Å². The lowest BCUT2D eigenvalue weighted by molar-refractivity contribution is -0.140. The highest BCUT2D eigenvalue weighted by Gasteiger charge is 2.35. The molecule has 44 heavy (non-hydrogen) atoms. The van der Waals surface area contributed by atoms with E-state index in [4.69, 9.17) is 34.8 Å². The van der Waals surface area contributed by atoms with Gasteiger partial charge in [0.05, 0.1) is 15.6 Å². The molecule has 0 bridgehead atoms. The third kappa shape index (κ3) is 8.54. The maximum Gasteiger partial charge on any atom is 0.264 e. The molecule has 0 radical (unpaired) electrons. The largest absolute Gasteiger partial charge is 0.352 e. The molecule has 4 aromatic rings.